The zero-order valence-electron chi connectivity index (χ0n) is 8.11. The van der Waals surface area contributed by atoms with E-state index in [1.807, 2.05) is 18.2 Å². The van der Waals surface area contributed by atoms with Gasteiger partial charge in [-0.15, -0.1) is 0 Å². The maximum atomic E-state index is 11.1. The third-order valence-corrected chi connectivity index (χ3v) is 2.26. The molecule has 1 aromatic heterocycles. The molecule has 0 atom stereocenters. The molecule has 0 aliphatic carbocycles. The van der Waals surface area contributed by atoms with E-state index in [-0.39, 0.29) is 5.91 Å². The third kappa shape index (κ3) is 1.35. The molecule has 1 heterocycles. The highest BCUT2D eigenvalue weighted by Crippen LogP contribution is 2.18. The molecule has 0 spiro atoms. The third-order valence-electron chi connectivity index (χ3n) is 2.26. The highest BCUT2D eigenvalue weighted by atomic mass is 16.2. The number of aromatic nitrogens is 2. The minimum Gasteiger partial charge on any atom is -0.345 e. The minimum absolute atomic E-state index is 0.0175. The molecule has 0 bridgehead atoms. The molecule has 0 unspecified atom stereocenters. The summed E-state index contributed by atoms with van der Waals surface area (Å²) in [6.07, 6.45) is 1.64. The van der Waals surface area contributed by atoms with Gasteiger partial charge in [-0.3, -0.25) is 4.79 Å². The average molecular weight is 189 g/mol. The predicted octanol–water partition coefficient (Wildman–Crippen LogP) is 1.55. The Balaban J connectivity index is 2.48. The van der Waals surface area contributed by atoms with Gasteiger partial charge in [0.15, 0.2) is 0 Å². The molecule has 4 heteroatoms. The summed E-state index contributed by atoms with van der Waals surface area (Å²) in [5.41, 5.74) is 2.72. The Morgan fingerprint density at radius 1 is 1.50 bits per heavy atom. The maximum Gasteiger partial charge on any atom is 0.223 e. The first-order valence-corrected chi connectivity index (χ1v) is 4.36. The van der Waals surface area contributed by atoms with Gasteiger partial charge in [-0.2, -0.15) is 0 Å². The lowest BCUT2D eigenvalue weighted by molar-refractivity contribution is -0.116. The number of nitrogens with one attached hydrogen (secondary N) is 1. The summed E-state index contributed by atoms with van der Waals surface area (Å²) >= 11 is 0. The predicted molar refractivity (Wildman–Crippen MR) is 55.2 cm³/mol. The lowest BCUT2D eigenvalue weighted by Crippen LogP contribution is -2.22. The minimum atomic E-state index is 0.0175. The van der Waals surface area contributed by atoms with Crippen LogP contribution in [0.3, 0.4) is 0 Å². The highest BCUT2D eigenvalue weighted by Gasteiger charge is 2.06. The molecule has 4 nitrogen and oxygen atoms in total. The van der Waals surface area contributed by atoms with Gasteiger partial charge in [-0.1, -0.05) is 0 Å². The molecule has 0 saturated carbocycles. The number of imidazole rings is 1. The van der Waals surface area contributed by atoms with E-state index in [2.05, 4.69) is 9.97 Å². The van der Waals surface area contributed by atoms with Gasteiger partial charge in [-0.05, 0) is 18.2 Å². The van der Waals surface area contributed by atoms with Crippen molar-refractivity contribution < 1.29 is 4.79 Å². The molecular formula is C10H11N3O. The van der Waals surface area contributed by atoms with Crippen molar-refractivity contribution in [3.63, 3.8) is 0 Å². The lowest BCUT2D eigenvalue weighted by Gasteiger charge is -2.14. The summed E-state index contributed by atoms with van der Waals surface area (Å²) in [6.45, 7) is 1.54. The fourth-order valence-electron chi connectivity index (χ4n) is 1.31. The standard InChI is InChI=1S/C10H11N3O/c1-7(14)13(2)8-3-4-9-10(5-8)12-6-11-9/h3-6H,1-2H3,(H,11,12). The number of hydrogen-bond donors (Lipinski definition) is 1. The molecule has 2 rings (SSSR count). The molecule has 0 aliphatic heterocycles. The first-order valence-electron chi connectivity index (χ1n) is 4.36. The fourth-order valence-corrected chi connectivity index (χ4v) is 1.31. The number of carbonyl (C=O) groups excluding carboxylic acids is 1. The van der Waals surface area contributed by atoms with Crippen LogP contribution in [0.2, 0.25) is 0 Å². The van der Waals surface area contributed by atoms with Crippen LogP contribution in [0.5, 0.6) is 0 Å². The summed E-state index contributed by atoms with van der Waals surface area (Å²) < 4.78 is 0. The number of nitrogens with zero attached hydrogens (tertiary/aromatic N) is 2. The number of benzene rings is 1. The van der Waals surface area contributed by atoms with E-state index in [4.69, 9.17) is 0 Å². The second-order valence-corrected chi connectivity index (χ2v) is 3.18. The molecule has 1 amide bonds. The maximum absolute atomic E-state index is 11.1. The molecule has 1 aromatic carbocycles. The molecule has 0 radical (unpaired) electrons. The molecule has 0 fully saturated rings. The van der Waals surface area contributed by atoms with Crippen molar-refractivity contribution >= 4 is 22.6 Å². The van der Waals surface area contributed by atoms with E-state index in [0.717, 1.165) is 16.7 Å². The van der Waals surface area contributed by atoms with Crippen LogP contribution in [0, 0.1) is 0 Å². The van der Waals surface area contributed by atoms with Crippen molar-refractivity contribution in [2.24, 2.45) is 0 Å². The summed E-state index contributed by atoms with van der Waals surface area (Å²) in [7, 11) is 1.75. The Hall–Kier alpha value is -1.84. The van der Waals surface area contributed by atoms with Crippen LogP contribution in [0.25, 0.3) is 11.0 Å². The largest absolute Gasteiger partial charge is 0.345 e. The van der Waals surface area contributed by atoms with Crippen LogP contribution < -0.4 is 4.90 Å². The Kier molecular flexibility index (Phi) is 1.96. The van der Waals surface area contributed by atoms with Gasteiger partial charge in [0.05, 0.1) is 17.4 Å². The Morgan fingerprint density at radius 2 is 2.29 bits per heavy atom. The Labute approximate surface area is 81.6 Å². The summed E-state index contributed by atoms with van der Waals surface area (Å²) in [5, 5.41) is 0. The van der Waals surface area contributed by atoms with Gasteiger partial charge >= 0.3 is 0 Å². The Bertz CT molecular complexity index is 475. The van der Waals surface area contributed by atoms with Crippen LogP contribution in [0.4, 0.5) is 5.69 Å². The zero-order chi connectivity index (χ0) is 10.1. The molecule has 0 saturated heterocycles. The molecule has 0 aliphatic rings. The van der Waals surface area contributed by atoms with E-state index >= 15 is 0 Å². The van der Waals surface area contributed by atoms with Gasteiger partial charge < -0.3 is 9.88 Å². The van der Waals surface area contributed by atoms with Crippen LogP contribution in [-0.4, -0.2) is 22.9 Å². The van der Waals surface area contributed by atoms with Crippen LogP contribution in [0.1, 0.15) is 6.92 Å². The van der Waals surface area contributed by atoms with E-state index in [1.54, 1.807) is 18.3 Å². The van der Waals surface area contributed by atoms with Crippen molar-refractivity contribution in [2.75, 3.05) is 11.9 Å². The number of H-pyrrole nitrogens is 1. The summed E-state index contributed by atoms with van der Waals surface area (Å²) in [5.74, 6) is 0.0175. The van der Waals surface area contributed by atoms with Crippen molar-refractivity contribution in [3.05, 3.63) is 24.5 Å². The second-order valence-electron chi connectivity index (χ2n) is 3.18. The van der Waals surface area contributed by atoms with Crippen LogP contribution >= 0.6 is 0 Å². The van der Waals surface area contributed by atoms with E-state index < -0.39 is 0 Å². The van der Waals surface area contributed by atoms with Crippen LogP contribution in [0.15, 0.2) is 24.5 Å². The number of rotatable bonds is 1. The first kappa shape index (κ1) is 8.74. The zero-order valence-corrected chi connectivity index (χ0v) is 8.11. The number of carbonyl (C=O) groups is 1. The van der Waals surface area contributed by atoms with Gasteiger partial charge in [-0.25, -0.2) is 4.98 Å². The smallest absolute Gasteiger partial charge is 0.223 e. The topological polar surface area (TPSA) is 49.0 Å². The number of hydrogen-bond acceptors (Lipinski definition) is 2. The summed E-state index contributed by atoms with van der Waals surface area (Å²) in [4.78, 5) is 19.8. The number of fused-ring (bicyclic) bond motifs is 1. The molecule has 14 heavy (non-hydrogen) atoms. The molecular weight excluding hydrogens is 178 g/mol. The normalized spacial score (nSPS) is 10.4. The van der Waals surface area contributed by atoms with E-state index in [1.165, 1.54) is 6.92 Å². The van der Waals surface area contributed by atoms with E-state index in [9.17, 15) is 4.79 Å². The summed E-state index contributed by atoms with van der Waals surface area (Å²) in [6, 6.07) is 5.68. The molecule has 1 N–H and O–H groups in total. The number of anilines is 1. The SMILES string of the molecule is CC(=O)N(C)c1ccc2nc[nH]c2c1. The second kappa shape index (κ2) is 3.14. The number of aromatic amines is 1. The highest BCUT2D eigenvalue weighted by molar-refractivity contribution is 5.93. The van der Waals surface area contributed by atoms with Gasteiger partial charge in [0, 0.05) is 19.7 Å². The monoisotopic (exact) mass is 189 g/mol. The fraction of sp³-hybridized carbons (Fsp3) is 0.200. The van der Waals surface area contributed by atoms with Gasteiger partial charge in [0.2, 0.25) is 5.91 Å². The quantitative estimate of drug-likeness (QED) is 0.739. The molecule has 72 valence electrons. The molecule has 2 aromatic rings. The lowest BCUT2D eigenvalue weighted by atomic mass is 10.2. The van der Waals surface area contributed by atoms with Gasteiger partial charge in [0.1, 0.15) is 0 Å². The van der Waals surface area contributed by atoms with E-state index in [0.29, 0.717) is 0 Å². The average Bonchev–Trinajstić information content (AvgIpc) is 2.62. The van der Waals surface area contributed by atoms with Crippen molar-refractivity contribution in [3.8, 4) is 0 Å². The van der Waals surface area contributed by atoms with Crippen molar-refractivity contribution in [1.82, 2.24) is 9.97 Å². The first-order chi connectivity index (χ1) is 6.68. The van der Waals surface area contributed by atoms with Crippen molar-refractivity contribution in [2.45, 2.75) is 6.92 Å². The van der Waals surface area contributed by atoms with Crippen molar-refractivity contribution in [1.29, 1.82) is 0 Å². The van der Waals surface area contributed by atoms with Crippen LogP contribution in [-0.2, 0) is 4.79 Å². The van der Waals surface area contributed by atoms with Gasteiger partial charge in [0.25, 0.3) is 0 Å². The Morgan fingerprint density at radius 3 is 3.00 bits per heavy atom. The number of amides is 1.